The van der Waals surface area contributed by atoms with Crippen LogP contribution in [0.25, 0.3) is 0 Å². The van der Waals surface area contributed by atoms with Gasteiger partial charge in [0.1, 0.15) is 12.4 Å². The van der Waals surface area contributed by atoms with E-state index in [0.717, 1.165) is 25.0 Å². The van der Waals surface area contributed by atoms with E-state index in [2.05, 4.69) is 5.32 Å². The molecule has 0 saturated heterocycles. The largest absolute Gasteiger partial charge is 0.491 e. The highest BCUT2D eigenvalue weighted by atomic mass is 16.5. The van der Waals surface area contributed by atoms with E-state index in [-0.39, 0.29) is 23.9 Å². The molecule has 0 bridgehead atoms. The van der Waals surface area contributed by atoms with Gasteiger partial charge in [0, 0.05) is 6.04 Å². The zero-order valence-electron chi connectivity index (χ0n) is 12.3. The van der Waals surface area contributed by atoms with E-state index in [1.807, 2.05) is 38.1 Å². The van der Waals surface area contributed by atoms with Crippen LogP contribution in [-0.4, -0.2) is 24.6 Å². The maximum Gasteiger partial charge on any atom is 0.225 e. The van der Waals surface area contributed by atoms with Gasteiger partial charge in [0.25, 0.3) is 0 Å². The number of benzene rings is 1. The monoisotopic (exact) mass is 276 g/mol. The lowest BCUT2D eigenvalue weighted by atomic mass is 10.0. The SMILES string of the molecule is Cc1ccc(OCC(C)NC(=O)C2CCCC2N)cc1. The van der Waals surface area contributed by atoms with Crippen molar-refractivity contribution in [2.24, 2.45) is 11.7 Å². The lowest BCUT2D eigenvalue weighted by Crippen LogP contribution is -2.44. The van der Waals surface area contributed by atoms with Crippen molar-refractivity contribution in [1.29, 1.82) is 0 Å². The molecule has 3 atom stereocenters. The fraction of sp³-hybridized carbons (Fsp3) is 0.562. The molecular formula is C16H24N2O2. The number of carbonyl (C=O) groups excluding carboxylic acids is 1. The number of aryl methyl sites for hydroxylation is 1. The Bertz CT molecular complexity index is 444. The fourth-order valence-corrected chi connectivity index (χ4v) is 2.56. The molecule has 1 saturated carbocycles. The molecular weight excluding hydrogens is 252 g/mol. The maximum absolute atomic E-state index is 12.1. The standard InChI is InChI=1S/C16H24N2O2/c1-11-6-8-13(9-7-11)20-10-12(2)18-16(19)14-4-3-5-15(14)17/h6-9,12,14-15H,3-5,10,17H2,1-2H3,(H,18,19). The molecule has 1 aliphatic rings. The van der Waals surface area contributed by atoms with Gasteiger partial charge in [-0.2, -0.15) is 0 Å². The van der Waals surface area contributed by atoms with Gasteiger partial charge in [-0.15, -0.1) is 0 Å². The van der Waals surface area contributed by atoms with Crippen LogP contribution >= 0.6 is 0 Å². The average Bonchev–Trinajstić information content (AvgIpc) is 2.84. The lowest BCUT2D eigenvalue weighted by molar-refractivity contribution is -0.126. The summed E-state index contributed by atoms with van der Waals surface area (Å²) < 4.78 is 5.67. The van der Waals surface area contributed by atoms with Crippen molar-refractivity contribution >= 4 is 5.91 Å². The molecule has 110 valence electrons. The quantitative estimate of drug-likeness (QED) is 0.864. The normalized spacial score (nSPS) is 23.4. The van der Waals surface area contributed by atoms with Crippen LogP contribution in [-0.2, 0) is 4.79 Å². The van der Waals surface area contributed by atoms with Gasteiger partial charge in [-0.25, -0.2) is 0 Å². The van der Waals surface area contributed by atoms with Gasteiger partial charge in [-0.1, -0.05) is 24.1 Å². The van der Waals surface area contributed by atoms with E-state index in [1.54, 1.807) is 0 Å². The Balaban J connectivity index is 1.76. The topological polar surface area (TPSA) is 64.3 Å². The summed E-state index contributed by atoms with van der Waals surface area (Å²) in [5.74, 6) is 0.862. The minimum absolute atomic E-state index is 0.0141. The summed E-state index contributed by atoms with van der Waals surface area (Å²) in [7, 11) is 0. The highest BCUT2D eigenvalue weighted by molar-refractivity contribution is 5.80. The van der Waals surface area contributed by atoms with Gasteiger partial charge in [0.05, 0.1) is 12.0 Å². The van der Waals surface area contributed by atoms with E-state index < -0.39 is 0 Å². The first-order chi connectivity index (χ1) is 9.56. The molecule has 1 aromatic carbocycles. The summed E-state index contributed by atoms with van der Waals surface area (Å²) in [6, 6.07) is 7.90. The Labute approximate surface area is 120 Å². The van der Waals surface area contributed by atoms with Crippen molar-refractivity contribution < 1.29 is 9.53 Å². The average molecular weight is 276 g/mol. The third-order valence-electron chi connectivity index (χ3n) is 3.82. The minimum Gasteiger partial charge on any atom is -0.491 e. The summed E-state index contributed by atoms with van der Waals surface area (Å²) in [6.07, 6.45) is 2.90. The van der Waals surface area contributed by atoms with Crippen LogP contribution in [0.1, 0.15) is 31.7 Å². The molecule has 0 radical (unpaired) electrons. The van der Waals surface area contributed by atoms with Gasteiger partial charge in [0.15, 0.2) is 0 Å². The van der Waals surface area contributed by atoms with Gasteiger partial charge < -0.3 is 15.8 Å². The van der Waals surface area contributed by atoms with E-state index in [4.69, 9.17) is 10.5 Å². The molecule has 0 heterocycles. The van der Waals surface area contributed by atoms with Gasteiger partial charge in [-0.3, -0.25) is 4.79 Å². The summed E-state index contributed by atoms with van der Waals surface area (Å²) in [6.45, 7) is 4.46. The molecule has 4 heteroatoms. The molecule has 0 spiro atoms. The van der Waals surface area contributed by atoms with Crippen molar-refractivity contribution in [3.63, 3.8) is 0 Å². The minimum atomic E-state index is -0.0307. The molecule has 1 aromatic rings. The van der Waals surface area contributed by atoms with Crippen LogP contribution in [0.5, 0.6) is 5.75 Å². The molecule has 0 aromatic heterocycles. The summed E-state index contributed by atoms with van der Waals surface area (Å²) in [5.41, 5.74) is 7.15. The molecule has 4 nitrogen and oxygen atoms in total. The Morgan fingerprint density at radius 3 is 2.70 bits per heavy atom. The zero-order chi connectivity index (χ0) is 14.5. The predicted molar refractivity (Wildman–Crippen MR) is 79.6 cm³/mol. The van der Waals surface area contributed by atoms with E-state index >= 15 is 0 Å². The molecule has 3 unspecified atom stereocenters. The van der Waals surface area contributed by atoms with E-state index in [9.17, 15) is 4.79 Å². The van der Waals surface area contributed by atoms with Crippen LogP contribution in [0.2, 0.25) is 0 Å². The molecule has 1 fully saturated rings. The molecule has 1 aliphatic carbocycles. The Morgan fingerprint density at radius 1 is 1.40 bits per heavy atom. The van der Waals surface area contributed by atoms with Crippen LogP contribution in [0.15, 0.2) is 24.3 Å². The molecule has 1 amide bonds. The number of ether oxygens (including phenoxy) is 1. The number of amides is 1. The van der Waals surface area contributed by atoms with Crippen molar-refractivity contribution in [3.05, 3.63) is 29.8 Å². The van der Waals surface area contributed by atoms with E-state index in [0.29, 0.717) is 6.61 Å². The van der Waals surface area contributed by atoms with Crippen molar-refractivity contribution in [3.8, 4) is 5.75 Å². The first-order valence-corrected chi connectivity index (χ1v) is 7.31. The molecule has 3 N–H and O–H groups in total. The van der Waals surface area contributed by atoms with Gasteiger partial charge >= 0.3 is 0 Å². The highest BCUT2D eigenvalue weighted by Crippen LogP contribution is 2.24. The van der Waals surface area contributed by atoms with Gasteiger partial charge in [0.2, 0.25) is 5.91 Å². The van der Waals surface area contributed by atoms with Crippen LogP contribution < -0.4 is 15.8 Å². The smallest absolute Gasteiger partial charge is 0.225 e. The second-order valence-corrected chi connectivity index (χ2v) is 5.73. The Morgan fingerprint density at radius 2 is 2.10 bits per heavy atom. The van der Waals surface area contributed by atoms with Crippen molar-refractivity contribution in [2.45, 2.75) is 45.2 Å². The highest BCUT2D eigenvalue weighted by Gasteiger charge is 2.30. The third-order valence-corrected chi connectivity index (χ3v) is 3.82. The van der Waals surface area contributed by atoms with Crippen LogP contribution in [0.3, 0.4) is 0 Å². The first-order valence-electron chi connectivity index (χ1n) is 7.31. The van der Waals surface area contributed by atoms with E-state index in [1.165, 1.54) is 5.56 Å². The number of hydrogen-bond donors (Lipinski definition) is 2. The van der Waals surface area contributed by atoms with Crippen molar-refractivity contribution in [1.82, 2.24) is 5.32 Å². The number of rotatable bonds is 5. The second-order valence-electron chi connectivity index (χ2n) is 5.73. The Kier molecular flexibility index (Phi) is 5.01. The number of carbonyl (C=O) groups is 1. The van der Waals surface area contributed by atoms with Gasteiger partial charge in [-0.05, 0) is 38.8 Å². The zero-order valence-corrected chi connectivity index (χ0v) is 12.3. The lowest BCUT2D eigenvalue weighted by Gasteiger charge is -2.20. The molecule has 0 aliphatic heterocycles. The molecule has 20 heavy (non-hydrogen) atoms. The predicted octanol–water partition coefficient (Wildman–Crippen LogP) is 2.01. The first kappa shape index (κ1) is 14.9. The number of nitrogens with one attached hydrogen (secondary N) is 1. The van der Waals surface area contributed by atoms with Crippen LogP contribution in [0, 0.1) is 12.8 Å². The summed E-state index contributed by atoms with van der Waals surface area (Å²) >= 11 is 0. The van der Waals surface area contributed by atoms with Crippen molar-refractivity contribution in [2.75, 3.05) is 6.61 Å². The second kappa shape index (κ2) is 6.75. The fourth-order valence-electron chi connectivity index (χ4n) is 2.56. The maximum atomic E-state index is 12.1. The molecule has 2 rings (SSSR count). The number of nitrogens with two attached hydrogens (primary N) is 1. The van der Waals surface area contributed by atoms with Crippen LogP contribution in [0.4, 0.5) is 0 Å². The summed E-state index contributed by atoms with van der Waals surface area (Å²) in [5, 5.41) is 2.99. The number of hydrogen-bond acceptors (Lipinski definition) is 3. The third kappa shape index (κ3) is 3.97. The Hall–Kier alpha value is -1.55. The summed E-state index contributed by atoms with van der Waals surface area (Å²) in [4.78, 5) is 12.1.